The van der Waals surface area contributed by atoms with Gasteiger partial charge in [0.05, 0.1) is 0 Å². The van der Waals surface area contributed by atoms with Gasteiger partial charge in [-0.1, -0.05) is 0 Å². The van der Waals surface area contributed by atoms with E-state index < -0.39 is 0 Å². The molecule has 0 aliphatic carbocycles. The first-order chi connectivity index (χ1) is 8.46. The Hall–Kier alpha value is -1.75. The Labute approximate surface area is 107 Å². The third-order valence-corrected chi connectivity index (χ3v) is 2.56. The predicted octanol–water partition coefficient (Wildman–Crippen LogP) is 1.86. The highest BCUT2D eigenvalue weighted by atomic mass is 15.2. The van der Waals surface area contributed by atoms with Gasteiger partial charge in [0.1, 0.15) is 5.82 Å². The Morgan fingerprint density at radius 3 is 2.33 bits per heavy atom. The lowest BCUT2D eigenvalue weighted by atomic mass is 10.1. The van der Waals surface area contributed by atoms with Crippen molar-refractivity contribution in [2.45, 2.75) is 39.8 Å². The molecule has 2 rings (SSSR count). The molecular formula is C13H19N5. The van der Waals surface area contributed by atoms with Gasteiger partial charge in [-0.25, -0.2) is 15.0 Å². The molecular weight excluding hydrogens is 226 g/mol. The van der Waals surface area contributed by atoms with E-state index in [-0.39, 0.29) is 5.54 Å². The molecule has 0 amide bonds. The van der Waals surface area contributed by atoms with Crippen molar-refractivity contribution in [1.29, 1.82) is 0 Å². The fourth-order valence-electron chi connectivity index (χ4n) is 1.52. The maximum atomic E-state index is 4.35. The molecule has 0 aliphatic heterocycles. The van der Waals surface area contributed by atoms with Crippen molar-refractivity contribution >= 4 is 0 Å². The Balaban J connectivity index is 2.09. The minimum absolute atomic E-state index is 0.0968. The van der Waals surface area contributed by atoms with E-state index in [4.69, 9.17) is 0 Å². The number of nitrogens with one attached hydrogen (secondary N) is 1. The third-order valence-electron chi connectivity index (χ3n) is 2.56. The topological polar surface area (TPSA) is 55.6 Å². The van der Waals surface area contributed by atoms with Crippen molar-refractivity contribution in [3.8, 4) is 5.95 Å². The Bertz CT molecular complexity index is 507. The van der Waals surface area contributed by atoms with Gasteiger partial charge in [-0.05, 0) is 27.7 Å². The molecule has 5 nitrogen and oxygen atoms in total. The largest absolute Gasteiger partial charge is 0.308 e. The molecule has 2 heterocycles. The zero-order valence-corrected chi connectivity index (χ0v) is 11.3. The van der Waals surface area contributed by atoms with E-state index in [1.165, 1.54) is 0 Å². The molecule has 2 aromatic heterocycles. The smallest absolute Gasteiger partial charge is 0.235 e. The number of rotatable bonds is 3. The van der Waals surface area contributed by atoms with E-state index in [2.05, 4.69) is 41.0 Å². The minimum atomic E-state index is 0.0968. The van der Waals surface area contributed by atoms with E-state index in [1.807, 2.05) is 30.1 Å². The highest BCUT2D eigenvalue weighted by Gasteiger charge is 2.09. The molecule has 0 bridgehead atoms. The number of aromatic nitrogens is 4. The lowest BCUT2D eigenvalue weighted by Crippen LogP contribution is -2.35. The second-order valence-electron chi connectivity index (χ2n) is 5.34. The first-order valence-electron chi connectivity index (χ1n) is 6.02. The zero-order valence-electron chi connectivity index (χ0n) is 11.3. The number of hydrogen-bond donors (Lipinski definition) is 1. The Morgan fingerprint density at radius 1 is 1.17 bits per heavy atom. The summed E-state index contributed by atoms with van der Waals surface area (Å²) in [7, 11) is 0. The molecule has 0 fully saturated rings. The SMILES string of the molecule is Cc1nccn1-c1ncc(CNC(C)(C)C)cn1. The van der Waals surface area contributed by atoms with Crippen LogP contribution in [0.15, 0.2) is 24.8 Å². The van der Waals surface area contributed by atoms with Gasteiger partial charge in [0.25, 0.3) is 0 Å². The molecule has 5 heteroatoms. The molecule has 0 spiro atoms. The first-order valence-corrected chi connectivity index (χ1v) is 6.02. The molecule has 0 aromatic carbocycles. The average Bonchev–Trinajstić information content (AvgIpc) is 2.73. The summed E-state index contributed by atoms with van der Waals surface area (Å²) in [5.41, 5.74) is 1.17. The number of imidazole rings is 1. The summed E-state index contributed by atoms with van der Waals surface area (Å²) in [5, 5.41) is 3.40. The molecule has 18 heavy (non-hydrogen) atoms. The fourth-order valence-corrected chi connectivity index (χ4v) is 1.52. The summed E-state index contributed by atoms with van der Waals surface area (Å²) in [6, 6.07) is 0. The highest BCUT2D eigenvalue weighted by Crippen LogP contribution is 2.06. The van der Waals surface area contributed by atoms with Crippen molar-refractivity contribution < 1.29 is 0 Å². The van der Waals surface area contributed by atoms with Crippen LogP contribution in [0.25, 0.3) is 5.95 Å². The van der Waals surface area contributed by atoms with E-state index in [0.29, 0.717) is 5.95 Å². The van der Waals surface area contributed by atoms with Crippen LogP contribution in [0.3, 0.4) is 0 Å². The maximum Gasteiger partial charge on any atom is 0.235 e. The number of aryl methyl sites for hydroxylation is 1. The van der Waals surface area contributed by atoms with Crippen molar-refractivity contribution in [2.24, 2.45) is 0 Å². The molecule has 0 saturated carbocycles. The number of nitrogens with zero attached hydrogens (tertiary/aromatic N) is 4. The molecule has 0 unspecified atom stereocenters. The van der Waals surface area contributed by atoms with Crippen LogP contribution in [-0.2, 0) is 6.54 Å². The summed E-state index contributed by atoms with van der Waals surface area (Å²) in [6.45, 7) is 9.11. The monoisotopic (exact) mass is 245 g/mol. The van der Waals surface area contributed by atoms with E-state index in [9.17, 15) is 0 Å². The average molecular weight is 245 g/mol. The standard InChI is InChI=1S/C13H19N5/c1-10-14-5-6-18(10)12-15-7-11(8-16-12)9-17-13(2,3)4/h5-8,17H,9H2,1-4H3. The van der Waals surface area contributed by atoms with Gasteiger partial charge >= 0.3 is 0 Å². The van der Waals surface area contributed by atoms with Gasteiger partial charge < -0.3 is 5.32 Å². The van der Waals surface area contributed by atoms with Gasteiger partial charge in [0.15, 0.2) is 0 Å². The molecule has 0 aliphatic rings. The first kappa shape index (κ1) is 12.7. The van der Waals surface area contributed by atoms with Gasteiger partial charge in [-0.3, -0.25) is 4.57 Å². The van der Waals surface area contributed by atoms with Crippen LogP contribution in [0.4, 0.5) is 0 Å². The summed E-state index contributed by atoms with van der Waals surface area (Å²) < 4.78 is 1.86. The van der Waals surface area contributed by atoms with Crippen LogP contribution in [0.2, 0.25) is 0 Å². The van der Waals surface area contributed by atoms with Crippen molar-refractivity contribution in [2.75, 3.05) is 0 Å². The summed E-state index contributed by atoms with van der Waals surface area (Å²) in [6.07, 6.45) is 7.30. The van der Waals surface area contributed by atoms with Crippen molar-refractivity contribution in [1.82, 2.24) is 24.8 Å². The Kier molecular flexibility index (Phi) is 3.43. The van der Waals surface area contributed by atoms with Gasteiger partial charge in [-0.2, -0.15) is 0 Å². The van der Waals surface area contributed by atoms with E-state index in [0.717, 1.165) is 17.9 Å². The Morgan fingerprint density at radius 2 is 1.83 bits per heavy atom. The van der Waals surface area contributed by atoms with Crippen LogP contribution in [0.1, 0.15) is 32.2 Å². The summed E-state index contributed by atoms with van der Waals surface area (Å²) >= 11 is 0. The lowest BCUT2D eigenvalue weighted by Gasteiger charge is -2.20. The molecule has 96 valence electrons. The second-order valence-corrected chi connectivity index (χ2v) is 5.34. The maximum absolute atomic E-state index is 4.35. The molecule has 0 saturated heterocycles. The van der Waals surface area contributed by atoms with Crippen LogP contribution < -0.4 is 5.32 Å². The summed E-state index contributed by atoms with van der Waals surface area (Å²) in [5.74, 6) is 1.54. The fraction of sp³-hybridized carbons (Fsp3) is 0.462. The predicted molar refractivity (Wildman–Crippen MR) is 70.5 cm³/mol. The molecule has 0 radical (unpaired) electrons. The van der Waals surface area contributed by atoms with E-state index in [1.54, 1.807) is 6.20 Å². The van der Waals surface area contributed by atoms with E-state index >= 15 is 0 Å². The summed E-state index contributed by atoms with van der Waals surface area (Å²) in [4.78, 5) is 12.9. The third kappa shape index (κ3) is 3.13. The van der Waals surface area contributed by atoms with Crippen LogP contribution >= 0.6 is 0 Å². The van der Waals surface area contributed by atoms with Gasteiger partial charge in [0, 0.05) is 42.4 Å². The molecule has 1 N–H and O–H groups in total. The highest BCUT2D eigenvalue weighted by molar-refractivity contribution is 5.17. The van der Waals surface area contributed by atoms with Gasteiger partial charge in [0.2, 0.25) is 5.95 Å². The molecule has 2 aromatic rings. The zero-order chi connectivity index (χ0) is 13.2. The van der Waals surface area contributed by atoms with Gasteiger partial charge in [-0.15, -0.1) is 0 Å². The number of hydrogen-bond acceptors (Lipinski definition) is 4. The second kappa shape index (κ2) is 4.86. The lowest BCUT2D eigenvalue weighted by molar-refractivity contribution is 0.423. The van der Waals surface area contributed by atoms with Crippen molar-refractivity contribution in [3.63, 3.8) is 0 Å². The quantitative estimate of drug-likeness (QED) is 0.896. The normalized spacial score (nSPS) is 11.8. The van der Waals surface area contributed by atoms with Crippen LogP contribution in [0.5, 0.6) is 0 Å². The minimum Gasteiger partial charge on any atom is -0.308 e. The molecule has 0 atom stereocenters. The van der Waals surface area contributed by atoms with Crippen molar-refractivity contribution in [3.05, 3.63) is 36.2 Å². The van der Waals surface area contributed by atoms with Crippen LogP contribution in [0, 0.1) is 6.92 Å². The van der Waals surface area contributed by atoms with Crippen LogP contribution in [-0.4, -0.2) is 25.1 Å².